The first-order chi connectivity index (χ1) is 6.79. The zero-order chi connectivity index (χ0) is 9.97. The first kappa shape index (κ1) is 9.21. The number of nitrogens with zero attached hydrogens (tertiary/aromatic N) is 2. The molecule has 0 aromatic carbocycles. The van der Waals surface area contributed by atoms with Gasteiger partial charge in [-0.2, -0.15) is 0 Å². The minimum Gasteiger partial charge on any atom is -0.448 e. The van der Waals surface area contributed by atoms with Gasteiger partial charge in [0.15, 0.2) is 10.4 Å². The van der Waals surface area contributed by atoms with Gasteiger partial charge in [-0.1, -0.05) is 0 Å². The summed E-state index contributed by atoms with van der Waals surface area (Å²) in [5.74, 6) is 1.44. The average molecular weight is 254 g/mol. The molecule has 0 aliphatic heterocycles. The fraction of sp³-hybridized carbons (Fsp3) is 0.111. The third kappa shape index (κ3) is 1.77. The van der Waals surface area contributed by atoms with Crippen LogP contribution in [0, 0.1) is 0 Å². The van der Waals surface area contributed by atoms with Crippen molar-refractivity contribution in [3.05, 3.63) is 28.9 Å². The van der Waals surface area contributed by atoms with Gasteiger partial charge >= 0.3 is 0 Å². The van der Waals surface area contributed by atoms with E-state index in [0.717, 1.165) is 11.5 Å². The minimum absolute atomic E-state index is 0.687. The van der Waals surface area contributed by atoms with E-state index in [1.54, 1.807) is 7.05 Å². The maximum Gasteiger partial charge on any atom is 0.169 e. The molecule has 0 aliphatic carbocycles. The highest BCUT2D eigenvalue weighted by Crippen LogP contribution is 2.22. The monoisotopic (exact) mass is 253 g/mol. The second-order valence-electron chi connectivity index (χ2n) is 2.66. The lowest BCUT2D eigenvalue weighted by Gasteiger charge is -1.97. The smallest absolute Gasteiger partial charge is 0.169 e. The van der Waals surface area contributed by atoms with Crippen molar-refractivity contribution in [2.75, 3.05) is 12.4 Å². The molecule has 72 valence electrons. The Kier molecular flexibility index (Phi) is 2.49. The molecule has 5 heteroatoms. The summed E-state index contributed by atoms with van der Waals surface area (Å²) in [4.78, 5) is 0. The minimum atomic E-state index is 0.687. The lowest BCUT2D eigenvalue weighted by molar-refractivity contribution is 0.553. The van der Waals surface area contributed by atoms with Crippen molar-refractivity contribution in [3.8, 4) is 11.5 Å². The highest BCUT2D eigenvalue weighted by atomic mass is 79.9. The van der Waals surface area contributed by atoms with Gasteiger partial charge in [0.2, 0.25) is 0 Å². The Balaban J connectivity index is 2.33. The molecule has 2 aromatic rings. The van der Waals surface area contributed by atoms with Gasteiger partial charge in [0.05, 0.1) is 0 Å². The van der Waals surface area contributed by atoms with Crippen molar-refractivity contribution in [1.29, 1.82) is 0 Å². The van der Waals surface area contributed by atoms with Crippen LogP contribution in [-0.2, 0) is 0 Å². The first-order valence-corrected chi connectivity index (χ1v) is 4.86. The summed E-state index contributed by atoms with van der Waals surface area (Å²) >= 11 is 3.23. The molecule has 0 saturated carbocycles. The molecular weight excluding hydrogens is 246 g/mol. The maximum atomic E-state index is 5.34. The van der Waals surface area contributed by atoms with Crippen LogP contribution in [0.3, 0.4) is 0 Å². The van der Waals surface area contributed by atoms with E-state index in [2.05, 4.69) is 31.4 Å². The lowest BCUT2D eigenvalue weighted by atomic mass is 10.3. The maximum absolute atomic E-state index is 5.34. The predicted octanol–water partition coefficient (Wildman–Crippen LogP) is 2.54. The van der Waals surface area contributed by atoms with Crippen LogP contribution in [0.15, 0.2) is 33.4 Å². The quantitative estimate of drug-likeness (QED) is 0.894. The van der Waals surface area contributed by atoms with Gasteiger partial charge in [-0.05, 0) is 40.2 Å². The Morgan fingerprint density at radius 2 is 2.07 bits per heavy atom. The second kappa shape index (κ2) is 3.79. The van der Waals surface area contributed by atoms with Gasteiger partial charge in [0, 0.05) is 7.05 Å². The molecule has 2 rings (SSSR count). The summed E-state index contributed by atoms with van der Waals surface area (Å²) in [6.07, 6.45) is 0. The van der Waals surface area contributed by atoms with Crippen molar-refractivity contribution < 1.29 is 4.42 Å². The molecule has 14 heavy (non-hydrogen) atoms. The highest BCUT2D eigenvalue weighted by Gasteiger charge is 2.04. The van der Waals surface area contributed by atoms with Crippen LogP contribution in [0.2, 0.25) is 0 Å². The van der Waals surface area contributed by atoms with E-state index in [-0.39, 0.29) is 0 Å². The summed E-state index contributed by atoms with van der Waals surface area (Å²) in [5.41, 5.74) is 0.717. The molecule has 0 spiro atoms. The van der Waals surface area contributed by atoms with Crippen molar-refractivity contribution in [1.82, 2.24) is 10.2 Å². The number of furan rings is 1. The van der Waals surface area contributed by atoms with Gasteiger partial charge in [-0.25, -0.2) is 0 Å². The highest BCUT2D eigenvalue weighted by molar-refractivity contribution is 9.10. The second-order valence-corrected chi connectivity index (χ2v) is 3.44. The first-order valence-electron chi connectivity index (χ1n) is 4.07. The third-order valence-electron chi connectivity index (χ3n) is 1.75. The molecule has 0 saturated heterocycles. The molecule has 2 heterocycles. The number of hydrogen-bond acceptors (Lipinski definition) is 4. The largest absolute Gasteiger partial charge is 0.448 e. The van der Waals surface area contributed by atoms with Crippen LogP contribution in [0.25, 0.3) is 11.5 Å². The van der Waals surface area contributed by atoms with Crippen LogP contribution >= 0.6 is 15.9 Å². The number of aromatic nitrogens is 2. The van der Waals surface area contributed by atoms with Crippen LogP contribution in [0.4, 0.5) is 5.82 Å². The van der Waals surface area contributed by atoms with E-state index in [9.17, 15) is 0 Å². The van der Waals surface area contributed by atoms with Crippen molar-refractivity contribution in [2.45, 2.75) is 0 Å². The molecule has 2 aromatic heterocycles. The molecule has 0 fully saturated rings. The topological polar surface area (TPSA) is 51.0 Å². The standard InChI is InChI=1S/C9H8BrN3O/c1-11-9-5-2-6(12-13-9)7-3-4-8(10)14-7/h2-5H,1H3,(H,11,13). The van der Waals surface area contributed by atoms with Gasteiger partial charge in [-0.3, -0.25) is 0 Å². The van der Waals surface area contributed by atoms with E-state index in [1.165, 1.54) is 0 Å². The number of rotatable bonds is 2. The van der Waals surface area contributed by atoms with E-state index >= 15 is 0 Å². The average Bonchev–Trinajstić information content (AvgIpc) is 2.65. The summed E-state index contributed by atoms with van der Waals surface area (Å²) in [6.45, 7) is 0. The molecular formula is C9H8BrN3O. The lowest BCUT2D eigenvalue weighted by Crippen LogP contribution is -1.94. The number of hydrogen-bond donors (Lipinski definition) is 1. The van der Waals surface area contributed by atoms with E-state index in [1.807, 2.05) is 24.3 Å². The van der Waals surface area contributed by atoms with E-state index in [0.29, 0.717) is 10.4 Å². The van der Waals surface area contributed by atoms with Crippen molar-refractivity contribution in [2.24, 2.45) is 0 Å². The number of halogens is 1. The molecule has 1 N–H and O–H groups in total. The normalized spacial score (nSPS) is 10.1. The molecule has 4 nitrogen and oxygen atoms in total. The van der Waals surface area contributed by atoms with Crippen molar-refractivity contribution in [3.63, 3.8) is 0 Å². The molecule has 0 aliphatic rings. The Morgan fingerprint density at radius 1 is 1.21 bits per heavy atom. The molecule has 0 bridgehead atoms. The van der Waals surface area contributed by atoms with Crippen LogP contribution in [-0.4, -0.2) is 17.2 Å². The Bertz CT molecular complexity index is 424. The van der Waals surface area contributed by atoms with E-state index in [4.69, 9.17) is 4.42 Å². The van der Waals surface area contributed by atoms with Gasteiger partial charge in [0.1, 0.15) is 11.5 Å². The Morgan fingerprint density at radius 3 is 2.57 bits per heavy atom. The SMILES string of the molecule is CNc1ccc(-c2ccc(Br)o2)nn1. The fourth-order valence-corrected chi connectivity index (χ4v) is 1.36. The van der Waals surface area contributed by atoms with Gasteiger partial charge in [0.25, 0.3) is 0 Å². The summed E-state index contributed by atoms with van der Waals surface area (Å²) < 4.78 is 6.02. The van der Waals surface area contributed by atoms with Gasteiger partial charge in [-0.15, -0.1) is 10.2 Å². The summed E-state index contributed by atoms with van der Waals surface area (Å²) in [7, 11) is 1.80. The van der Waals surface area contributed by atoms with E-state index < -0.39 is 0 Å². The predicted molar refractivity (Wildman–Crippen MR) is 57.0 cm³/mol. The summed E-state index contributed by atoms with van der Waals surface area (Å²) in [5, 5.41) is 10.8. The van der Waals surface area contributed by atoms with Crippen LogP contribution in [0.1, 0.15) is 0 Å². The molecule has 0 radical (unpaired) electrons. The van der Waals surface area contributed by atoms with Crippen molar-refractivity contribution >= 4 is 21.7 Å². The number of nitrogens with one attached hydrogen (secondary N) is 1. The Labute approximate surface area is 89.5 Å². The van der Waals surface area contributed by atoms with Crippen LogP contribution < -0.4 is 5.32 Å². The molecule has 0 unspecified atom stereocenters. The zero-order valence-corrected chi connectivity index (χ0v) is 9.08. The molecule has 0 amide bonds. The van der Waals surface area contributed by atoms with Crippen LogP contribution in [0.5, 0.6) is 0 Å². The summed E-state index contributed by atoms with van der Waals surface area (Å²) in [6, 6.07) is 7.36. The fourth-order valence-electron chi connectivity index (χ4n) is 1.05. The zero-order valence-electron chi connectivity index (χ0n) is 7.49. The number of anilines is 1. The molecule has 0 atom stereocenters. The van der Waals surface area contributed by atoms with Gasteiger partial charge < -0.3 is 9.73 Å². The third-order valence-corrected chi connectivity index (χ3v) is 2.17. The Hall–Kier alpha value is -1.36.